The lowest BCUT2D eigenvalue weighted by Gasteiger charge is -2.21. The first-order valence-corrected chi connectivity index (χ1v) is 6.15. The summed E-state index contributed by atoms with van der Waals surface area (Å²) in [6, 6.07) is 0.703. The van der Waals surface area contributed by atoms with Crippen LogP contribution in [0.3, 0.4) is 0 Å². The van der Waals surface area contributed by atoms with Crippen molar-refractivity contribution < 1.29 is 0 Å². The van der Waals surface area contributed by atoms with Crippen LogP contribution < -0.4 is 5.32 Å². The first-order chi connectivity index (χ1) is 7.75. The fourth-order valence-corrected chi connectivity index (χ4v) is 2.30. The van der Waals surface area contributed by atoms with Gasteiger partial charge >= 0.3 is 0 Å². The summed E-state index contributed by atoms with van der Waals surface area (Å²) in [6.45, 7) is 6.54. The fraction of sp³-hybridized carbons (Fsp3) is 0.750. The van der Waals surface area contributed by atoms with E-state index < -0.39 is 0 Å². The Morgan fingerprint density at radius 2 is 2.50 bits per heavy atom. The third kappa shape index (κ3) is 3.06. The minimum absolute atomic E-state index is 0.703. The molecule has 1 unspecified atom stereocenters. The van der Waals surface area contributed by atoms with Crippen LogP contribution in [0.1, 0.15) is 18.7 Å². The minimum Gasteiger partial charge on any atom is -0.334 e. The van der Waals surface area contributed by atoms with Crippen LogP contribution in [0.2, 0.25) is 0 Å². The molecule has 1 aliphatic rings. The van der Waals surface area contributed by atoms with Crippen LogP contribution in [0.15, 0.2) is 12.4 Å². The number of imidazole rings is 1. The van der Waals surface area contributed by atoms with Crippen molar-refractivity contribution in [3.63, 3.8) is 0 Å². The van der Waals surface area contributed by atoms with E-state index in [4.69, 9.17) is 0 Å². The van der Waals surface area contributed by atoms with Gasteiger partial charge in [0.2, 0.25) is 0 Å². The fourth-order valence-electron chi connectivity index (χ4n) is 2.30. The maximum atomic E-state index is 4.23. The number of hydrogen-bond donors (Lipinski definition) is 1. The largest absolute Gasteiger partial charge is 0.334 e. The highest BCUT2D eigenvalue weighted by atomic mass is 15.2. The molecule has 0 saturated carbocycles. The molecule has 4 heteroatoms. The van der Waals surface area contributed by atoms with Crippen molar-refractivity contribution in [1.82, 2.24) is 19.8 Å². The molecule has 0 bridgehead atoms. The van der Waals surface area contributed by atoms with Crippen molar-refractivity contribution >= 4 is 0 Å². The highest BCUT2D eigenvalue weighted by molar-refractivity contribution is 4.88. The molecule has 1 fully saturated rings. The SMILES string of the molecule is Cc1nccn1CCN(C)CC1CCCN1. The third-order valence-electron chi connectivity index (χ3n) is 3.34. The molecule has 0 aliphatic carbocycles. The molecule has 1 saturated heterocycles. The van der Waals surface area contributed by atoms with E-state index in [1.807, 2.05) is 6.20 Å². The molecular formula is C12H22N4. The van der Waals surface area contributed by atoms with Crippen LogP contribution in [0, 0.1) is 6.92 Å². The van der Waals surface area contributed by atoms with E-state index in [2.05, 4.69) is 39.9 Å². The van der Waals surface area contributed by atoms with Crippen LogP contribution in [-0.2, 0) is 6.54 Å². The summed E-state index contributed by atoms with van der Waals surface area (Å²) in [6.07, 6.45) is 6.58. The Kier molecular flexibility index (Phi) is 3.96. The monoisotopic (exact) mass is 222 g/mol. The highest BCUT2D eigenvalue weighted by Gasteiger charge is 2.15. The van der Waals surface area contributed by atoms with E-state index in [9.17, 15) is 0 Å². The van der Waals surface area contributed by atoms with Crippen molar-refractivity contribution in [3.8, 4) is 0 Å². The second-order valence-electron chi connectivity index (χ2n) is 4.72. The zero-order valence-electron chi connectivity index (χ0n) is 10.3. The lowest BCUT2D eigenvalue weighted by molar-refractivity contribution is 0.288. The summed E-state index contributed by atoms with van der Waals surface area (Å²) >= 11 is 0. The van der Waals surface area contributed by atoms with E-state index in [1.54, 1.807) is 0 Å². The predicted octanol–water partition coefficient (Wildman–Crippen LogP) is 0.875. The van der Waals surface area contributed by atoms with Gasteiger partial charge in [-0.25, -0.2) is 4.98 Å². The van der Waals surface area contributed by atoms with E-state index in [0.717, 1.165) is 25.5 Å². The molecule has 90 valence electrons. The summed E-state index contributed by atoms with van der Waals surface area (Å²) < 4.78 is 2.21. The van der Waals surface area contributed by atoms with Gasteiger partial charge in [-0.15, -0.1) is 0 Å². The van der Waals surface area contributed by atoms with Crippen molar-refractivity contribution in [2.24, 2.45) is 0 Å². The van der Waals surface area contributed by atoms with E-state index >= 15 is 0 Å². The normalized spacial score (nSPS) is 20.8. The molecule has 4 nitrogen and oxygen atoms in total. The first kappa shape index (κ1) is 11.6. The Hall–Kier alpha value is -0.870. The van der Waals surface area contributed by atoms with Crippen LogP contribution in [0.4, 0.5) is 0 Å². The molecule has 1 aliphatic heterocycles. The molecule has 16 heavy (non-hydrogen) atoms. The van der Waals surface area contributed by atoms with Gasteiger partial charge < -0.3 is 14.8 Å². The van der Waals surface area contributed by atoms with Gasteiger partial charge in [0, 0.05) is 38.1 Å². The highest BCUT2D eigenvalue weighted by Crippen LogP contribution is 2.06. The van der Waals surface area contributed by atoms with Crippen LogP contribution in [0.25, 0.3) is 0 Å². The summed E-state index contributed by atoms with van der Waals surface area (Å²) in [5, 5.41) is 3.53. The molecule has 1 atom stereocenters. The molecule has 1 aromatic heterocycles. The Morgan fingerprint density at radius 3 is 3.12 bits per heavy atom. The number of rotatable bonds is 5. The van der Waals surface area contributed by atoms with Crippen molar-refractivity contribution in [3.05, 3.63) is 18.2 Å². The molecule has 0 spiro atoms. The van der Waals surface area contributed by atoms with Gasteiger partial charge in [-0.05, 0) is 33.4 Å². The standard InChI is InChI=1S/C12H22N4/c1-11-13-6-7-16(11)9-8-15(2)10-12-4-3-5-14-12/h6-7,12,14H,3-5,8-10H2,1-2H3. The average Bonchev–Trinajstić information content (AvgIpc) is 2.87. The maximum Gasteiger partial charge on any atom is 0.105 e. The van der Waals surface area contributed by atoms with Gasteiger partial charge in [0.15, 0.2) is 0 Å². The topological polar surface area (TPSA) is 33.1 Å². The number of nitrogens with one attached hydrogen (secondary N) is 1. The smallest absolute Gasteiger partial charge is 0.105 e. The van der Waals surface area contributed by atoms with Gasteiger partial charge in [-0.3, -0.25) is 0 Å². The molecule has 0 amide bonds. The molecule has 0 radical (unpaired) electrons. The Bertz CT molecular complexity index is 315. The molecule has 2 rings (SSSR count). The summed E-state index contributed by atoms with van der Waals surface area (Å²) in [5.41, 5.74) is 0. The summed E-state index contributed by atoms with van der Waals surface area (Å²) in [4.78, 5) is 6.64. The van der Waals surface area contributed by atoms with Crippen LogP contribution in [-0.4, -0.2) is 47.2 Å². The van der Waals surface area contributed by atoms with Gasteiger partial charge in [0.25, 0.3) is 0 Å². The Balaban J connectivity index is 1.71. The Labute approximate surface area is 97.7 Å². The second-order valence-corrected chi connectivity index (χ2v) is 4.72. The molecule has 1 aromatic rings. The van der Waals surface area contributed by atoms with Gasteiger partial charge in [-0.1, -0.05) is 0 Å². The second kappa shape index (κ2) is 5.46. The number of aromatic nitrogens is 2. The number of aryl methyl sites for hydroxylation is 1. The predicted molar refractivity (Wildman–Crippen MR) is 65.5 cm³/mol. The van der Waals surface area contributed by atoms with Crippen molar-refractivity contribution in [2.75, 3.05) is 26.7 Å². The molecule has 2 heterocycles. The molecule has 0 aromatic carbocycles. The van der Waals surface area contributed by atoms with Gasteiger partial charge in [0.1, 0.15) is 5.82 Å². The summed E-state index contributed by atoms with van der Waals surface area (Å²) in [7, 11) is 2.20. The van der Waals surface area contributed by atoms with Crippen molar-refractivity contribution in [2.45, 2.75) is 32.4 Å². The number of likely N-dealkylation sites (N-methyl/N-ethyl adjacent to an activating group) is 1. The van der Waals surface area contributed by atoms with E-state index in [0.29, 0.717) is 6.04 Å². The zero-order valence-corrected chi connectivity index (χ0v) is 10.3. The number of nitrogens with zero attached hydrogens (tertiary/aromatic N) is 3. The first-order valence-electron chi connectivity index (χ1n) is 6.15. The minimum atomic E-state index is 0.703. The lowest BCUT2D eigenvalue weighted by atomic mass is 10.2. The quantitative estimate of drug-likeness (QED) is 0.802. The summed E-state index contributed by atoms with van der Waals surface area (Å²) in [5.74, 6) is 1.10. The molecule has 1 N–H and O–H groups in total. The van der Waals surface area contributed by atoms with E-state index in [-0.39, 0.29) is 0 Å². The van der Waals surface area contributed by atoms with Gasteiger partial charge in [0.05, 0.1) is 0 Å². The Morgan fingerprint density at radius 1 is 1.62 bits per heavy atom. The third-order valence-corrected chi connectivity index (χ3v) is 3.34. The maximum absolute atomic E-state index is 4.23. The number of hydrogen-bond acceptors (Lipinski definition) is 3. The van der Waals surface area contributed by atoms with Crippen molar-refractivity contribution in [1.29, 1.82) is 0 Å². The van der Waals surface area contributed by atoms with Crippen LogP contribution in [0.5, 0.6) is 0 Å². The van der Waals surface area contributed by atoms with Crippen LogP contribution >= 0.6 is 0 Å². The van der Waals surface area contributed by atoms with Gasteiger partial charge in [-0.2, -0.15) is 0 Å². The average molecular weight is 222 g/mol. The van der Waals surface area contributed by atoms with E-state index in [1.165, 1.54) is 19.4 Å². The zero-order chi connectivity index (χ0) is 11.4. The lowest BCUT2D eigenvalue weighted by Crippen LogP contribution is -2.36. The molecular weight excluding hydrogens is 200 g/mol.